The number of hydrogen-bond donors (Lipinski definition) is 0. The molecule has 0 amide bonds. The minimum absolute atomic E-state index is 0.0586. The Labute approximate surface area is 414 Å². The summed E-state index contributed by atoms with van der Waals surface area (Å²) >= 11 is 0. The van der Waals surface area contributed by atoms with Gasteiger partial charge >= 0.3 is 12.1 Å². The summed E-state index contributed by atoms with van der Waals surface area (Å²) in [5.74, 6) is -5.00. The van der Waals surface area contributed by atoms with E-state index in [0.29, 0.717) is 23.7 Å². The Hall–Kier alpha value is -3.73. The molecule has 0 nitrogen and oxygen atoms in total. The summed E-state index contributed by atoms with van der Waals surface area (Å²) in [5, 5.41) is 0. The Balaban J connectivity index is 0.000000994. The van der Waals surface area contributed by atoms with Crippen LogP contribution in [0.5, 0.6) is 0 Å². The summed E-state index contributed by atoms with van der Waals surface area (Å²) in [6, 6.07) is 25.6. The lowest BCUT2D eigenvalue weighted by Crippen LogP contribution is -2.59. The lowest BCUT2D eigenvalue weighted by atomic mass is 9.44. The normalized spacial score (nSPS) is 27.0. The van der Waals surface area contributed by atoms with E-state index in [4.69, 9.17) is 0 Å². The zero-order valence-corrected chi connectivity index (χ0v) is 45.5. The van der Waals surface area contributed by atoms with Crippen molar-refractivity contribution in [2.24, 2.45) is 38.9 Å². The molecular formula is C63H95F5. The first-order chi connectivity index (χ1) is 32.2. The van der Waals surface area contributed by atoms with E-state index >= 15 is 8.78 Å². The molecule has 6 atom stereocenters. The lowest BCUT2D eigenvalue weighted by molar-refractivity contribution is -0.341. The summed E-state index contributed by atoms with van der Waals surface area (Å²) in [5.41, 5.74) is 7.75. The van der Waals surface area contributed by atoms with E-state index < -0.39 is 22.9 Å². The third-order valence-corrected chi connectivity index (χ3v) is 16.6. The summed E-state index contributed by atoms with van der Waals surface area (Å²) in [6.45, 7) is 46.7. The number of fused-ring (bicyclic) bond motifs is 4. The highest BCUT2D eigenvalue weighted by atomic mass is 19.4. The van der Waals surface area contributed by atoms with E-state index in [9.17, 15) is 13.2 Å². The van der Waals surface area contributed by atoms with Crippen molar-refractivity contribution in [3.8, 4) is 11.1 Å². The Morgan fingerprint density at radius 1 is 0.574 bits per heavy atom. The Morgan fingerprint density at radius 3 is 1.47 bits per heavy atom. The van der Waals surface area contributed by atoms with Crippen LogP contribution in [0.25, 0.3) is 11.1 Å². The number of halogens is 5. The molecule has 0 aliphatic heterocycles. The number of benzene rings is 3. The maximum Gasteiger partial charge on any atom is 0.453 e. The van der Waals surface area contributed by atoms with Crippen LogP contribution in [0.3, 0.4) is 0 Å². The van der Waals surface area contributed by atoms with Gasteiger partial charge < -0.3 is 0 Å². The van der Waals surface area contributed by atoms with E-state index in [2.05, 4.69) is 154 Å². The highest BCUT2D eigenvalue weighted by Gasteiger charge is 2.77. The van der Waals surface area contributed by atoms with Gasteiger partial charge in [0.2, 0.25) is 0 Å². The average Bonchev–Trinajstić information content (AvgIpc) is 3.64. The molecule has 5 unspecified atom stereocenters. The molecule has 0 N–H and O–H groups in total. The van der Waals surface area contributed by atoms with Crippen LogP contribution in [0.4, 0.5) is 22.0 Å². The zero-order chi connectivity index (χ0) is 52.5. The molecule has 382 valence electrons. The van der Waals surface area contributed by atoms with Gasteiger partial charge in [0.05, 0.1) is 0 Å². The fraction of sp³-hybridized carbons (Fsp3) is 0.587. The molecule has 4 saturated carbocycles. The largest absolute Gasteiger partial charge is 0.453 e. The van der Waals surface area contributed by atoms with E-state index in [1.807, 2.05) is 41.5 Å². The van der Waals surface area contributed by atoms with Crippen molar-refractivity contribution in [2.45, 2.75) is 198 Å². The van der Waals surface area contributed by atoms with Gasteiger partial charge in [-0.15, -0.1) is 39.5 Å². The predicted octanol–water partition coefficient (Wildman–Crippen LogP) is 21.3. The van der Waals surface area contributed by atoms with E-state index in [1.165, 1.54) is 73.3 Å². The molecule has 8 rings (SSSR count). The Bertz CT molecular complexity index is 1910. The van der Waals surface area contributed by atoms with Crippen LogP contribution in [0.1, 0.15) is 188 Å². The fourth-order valence-corrected chi connectivity index (χ4v) is 12.7. The van der Waals surface area contributed by atoms with Crippen molar-refractivity contribution in [1.82, 2.24) is 0 Å². The molecule has 0 aromatic heterocycles. The SMILES string of the molecule is C=C.C=C.C=C.CC.CC.CC.CCc1ccc(-c2ccc(C3CC4(C)C(CCC4(C)C(F)(F)C(F)(F)F)C4CC[C@@]5(C)CC6(CCC5=C34)CCC(C)(C)CC6)cc2)cc1.Cc1ccc(C)cc1. The predicted molar refractivity (Wildman–Crippen MR) is 289 cm³/mol. The topological polar surface area (TPSA) is 0 Å². The summed E-state index contributed by atoms with van der Waals surface area (Å²) in [6.07, 6.45) is 6.49. The second-order valence-electron chi connectivity index (χ2n) is 20.5. The molecule has 0 radical (unpaired) electrons. The minimum Gasteiger partial charge on any atom is -0.196 e. The highest BCUT2D eigenvalue weighted by Crippen LogP contribution is 2.75. The van der Waals surface area contributed by atoms with Crippen LogP contribution in [-0.4, -0.2) is 12.1 Å². The molecule has 0 saturated heterocycles. The molecule has 1 spiro atoms. The average molecular weight is 947 g/mol. The molecule has 5 heteroatoms. The molecule has 0 bridgehead atoms. The van der Waals surface area contributed by atoms with Crippen LogP contribution in [-0.2, 0) is 6.42 Å². The van der Waals surface area contributed by atoms with Gasteiger partial charge in [-0.1, -0.05) is 178 Å². The van der Waals surface area contributed by atoms with Crippen LogP contribution < -0.4 is 0 Å². The number of rotatable bonds is 4. The molecule has 5 aliphatic carbocycles. The summed E-state index contributed by atoms with van der Waals surface area (Å²) < 4.78 is 74.1. The molecular weight excluding hydrogens is 852 g/mol. The molecule has 3 aromatic rings. The van der Waals surface area contributed by atoms with Crippen molar-refractivity contribution in [3.05, 3.63) is 146 Å². The Morgan fingerprint density at radius 2 is 1.03 bits per heavy atom. The van der Waals surface area contributed by atoms with Crippen molar-refractivity contribution in [3.63, 3.8) is 0 Å². The second-order valence-corrected chi connectivity index (χ2v) is 20.5. The number of alkyl halides is 5. The summed E-state index contributed by atoms with van der Waals surface area (Å²) in [7, 11) is 0. The molecule has 3 aromatic carbocycles. The van der Waals surface area contributed by atoms with Crippen molar-refractivity contribution < 1.29 is 22.0 Å². The third-order valence-electron chi connectivity index (χ3n) is 16.6. The maximum absolute atomic E-state index is 15.7. The monoisotopic (exact) mass is 947 g/mol. The zero-order valence-electron chi connectivity index (χ0n) is 45.5. The first kappa shape index (κ1) is 62.3. The van der Waals surface area contributed by atoms with Crippen LogP contribution in [0.2, 0.25) is 0 Å². The van der Waals surface area contributed by atoms with Gasteiger partial charge in [-0.3, -0.25) is 0 Å². The van der Waals surface area contributed by atoms with Crippen LogP contribution >= 0.6 is 0 Å². The van der Waals surface area contributed by atoms with E-state index in [0.717, 1.165) is 42.4 Å². The molecule has 68 heavy (non-hydrogen) atoms. The summed E-state index contributed by atoms with van der Waals surface area (Å²) in [4.78, 5) is 0. The third kappa shape index (κ3) is 13.0. The number of hydrogen-bond acceptors (Lipinski definition) is 0. The first-order valence-corrected chi connectivity index (χ1v) is 26.1. The van der Waals surface area contributed by atoms with Gasteiger partial charge in [-0.25, -0.2) is 0 Å². The van der Waals surface area contributed by atoms with Gasteiger partial charge in [-0.2, -0.15) is 22.0 Å². The highest BCUT2D eigenvalue weighted by molar-refractivity contribution is 5.64. The molecule has 4 fully saturated rings. The molecule has 0 heterocycles. The maximum atomic E-state index is 15.7. The fourth-order valence-electron chi connectivity index (χ4n) is 12.7. The van der Waals surface area contributed by atoms with Gasteiger partial charge in [0.1, 0.15) is 0 Å². The standard InChI is InChI=1S/C43H55F5.C8H10.3C2H6.3C2H4/c1-7-28-8-10-29(11-9-28)30-12-14-31(15-13-30)33-26-39(5)34(17-20-40(39,6)42(44,45)43(46,47)48)32-16-19-38(4)27-41(21-18-35(38)36(32)33)24-22-37(2,3)23-25-41;1-7-3-5-8(2)6-4-7;6*1-2/h8-15,32-34H,7,16-27H2,1-6H3;3-6H,1-2H3;3*1-2H3;3*1-2H2/t32?,33?,34?,38-,39?,40?;;;;;;;/m0......./s1. The van der Waals surface area contributed by atoms with Crippen LogP contribution in [0, 0.1) is 52.8 Å². The second kappa shape index (κ2) is 26.5. The van der Waals surface area contributed by atoms with Crippen molar-refractivity contribution in [1.29, 1.82) is 0 Å². The lowest BCUT2D eigenvalue weighted by Gasteiger charge is -2.61. The van der Waals surface area contributed by atoms with Crippen LogP contribution in [0.15, 0.2) is 123 Å². The van der Waals surface area contributed by atoms with Crippen molar-refractivity contribution >= 4 is 0 Å². The quantitative estimate of drug-likeness (QED) is 0.181. The van der Waals surface area contributed by atoms with Gasteiger partial charge in [-0.05, 0) is 153 Å². The van der Waals surface area contributed by atoms with Gasteiger partial charge in [0, 0.05) is 11.3 Å². The van der Waals surface area contributed by atoms with Gasteiger partial charge in [0.25, 0.3) is 0 Å². The molecule has 5 aliphatic rings. The number of aryl methyl sites for hydroxylation is 3. The number of allylic oxidation sites excluding steroid dienone is 2. The van der Waals surface area contributed by atoms with Gasteiger partial charge in [0.15, 0.2) is 0 Å². The Kier molecular flexibility index (Phi) is 24.2. The smallest absolute Gasteiger partial charge is 0.196 e. The first-order valence-electron chi connectivity index (χ1n) is 26.1. The minimum atomic E-state index is -5.57. The van der Waals surface area contributed by atoms with E-state index in [-0.39, 0.29) is 29.6 Å². The van der Waals surface area contributed by atoms with Crippen molar-refractivity contribution in [2.75, 3.05) is 0 Å². The van der Waals surface area contributed by atoms with E-state index in [1.54, 1.807) is 6.92 Å².